The van der Waals surface area contributed by atoms with E-state index in [4.69, 9.17) is 4.74 Å². The van der Waals surface area contributed by atoms with E-state index in [0.717, 1.165) is 12.1 Å². The van der Waals surface area contributed by atoms with Crippen LogP contribution < -0.4 is 15.4 Å². The molecule has 0 saturated heterocycles. The number of carbonyl (C=O) groups is 1. The minimum absolute atomic E-state index is 0.172. The molecule has 0 spiro atoms. The molecule has 0 fully saturated rings. The fourth-order valence-electron chi connectivity index (χ4n) is 2.28. The van der Waals surface area contributed by atoms with Crippen LogP contribution in [0.3, 0.4) is 0 Å². The first-order valence-electron chi connectivity index (χ1n) is 8.08. The van der Waals surface area contributed by atoms with Gasteiger partial charge >= 0.3 is 0 Å². The third-order valence-corrected chi connectivity index (χ3v) is 3.56. The molecule has 0 heterocycles. The van der Waals surface area contributed by atoms with E-state index in [1.54, 1.807) is 30.3 Å². The Morgan fingerprint density at radius 3 is 2.58 bits per heavy atom. The van der Waals surface area contributed by atoms with E-state index in [1.165, 1.54) is 12.1 Å². The van der Waals surface area contributed by atoms with Gasteiger partial charge in [0.25, 0.3) is 5.91 Å². The number of amides is 1. The summed E-state index contributed by atoms with van der Waals surface area (Å²) in [5, 5.41) is 6.14. The molecular formula is C19H23FN2O2. The lowest BCUT2D eigenvalue weighted by atomic mass is 10.1. The zero-order valence-electron chi connectivity index (χ0n) is 14.0. The molecule has 2 N–H and O–H groups in total. The average molecular weight is 330 g/mol. The highest BCUT2D eigenvalue weighted by atomic mass is 19.1. The van der Waals surface area contributed by atoms with Gasteiger partial charge in [0.2, 0.25) is 0 Å². The van der Waals surface area contributed by atoms with Crippen LogP contribution in [0.2, 0.25) is 0 Å². The Morgan fingerprint density at radius 1 is 1.17 bits per heavy atom. The van der Waals surface area contributed by atoms with Crippen LogP contribution in [0, 0.1) is 5.82 Å². The van der Waals surface area contributed by atoms with Crippen molar-refractivity contribution in [2.24, 2.45) is 0 Å². The van der Waals surface area contributed by atoms with Crippen LogP contribution in [0.15, 0.2) is 48.5 Å². The predicted octanol–water partition coefficient (Wildman–Crippen LogP) is 3.13. The molecule has 0 aliphatic rings. The number of carbonyl (C=O) groups excluding carboxylic acids is 1. The van der Waals surface area contributed by atoms with Gasteiger partial charge in [-0.1, -0.05) is 31.2 Å². The number of ether oxygens (including phenoxy) is 1. The minimum atomic E-state index is -0.284. The lowest BCUT2D eigenvalue weighted by Gasteiger charge is -2.15. The maximum atomic E-state index is 12.9. The van der Waals surface area contributed by atoms with Gasteiger partial charge in [0.1, 0.15) is 18.2 Å². The van der Waals surface area contributed by atoms with Gasteiger partial charge < -0.3 is 15.4 Å². The van der Waals surface area contributed by atoms with Gasteiger partial charge in [-0.25, -0.2) is 4.39 Å². The van der Waals surface area contributed by atoms with Gasteiger partial charge in [-0.3, -0.25) is 4.79 Å². The van der Waals surface area contributed by atoms with Crippen LogP contribution in [0.25, 0.3) is 0 Å². The predicted molar refractivity (Wildman–Crippen MR) is 92.6 cm³/mol. The van der Waals surface area contributed by atoms with Crippen LogP contribution in [-0.4, -0.2) is 25.0 Å². The van der Waals surface area contributed by atoms with Gasteiger partial charge in [0.05, 0.1) is 5.56 Å². The first-order valence-corrected chi connectivity index (χ1v) is 8.08. The highest BCUT2D eigenvalue weighted by Crippen LogP contribution is 2.19. The van der Waals surface area contributed by atoms with Crippen LogP contribution >= 0.6 is 0 Å². The van der Waals surface area contributed by atoms with E-state index < -0.39 is 0 Å². The summed E-state index contributed by atoms with van der Waals surface area (Å²) < 4.78 is 18.7. The van der Waals surface area contributed by atoms with Crippen molar-refractivity contribution >= 4 is 5.91 Å². The van der Waals surface area contributed by atoms with E-state index in [1.807, 2.05) is 19.9 Å². The molecule has 0 aliphatic heterocycles. The van der Waals surface area contributed by atoms with Gasteiger partial charge in [-0.15, -0.1) is 0 Å². The Kier molecular flexibility index (Phi) is 6.75. The van der Waals surface area contributed by atoms with Gasteiger partial charge in [0.15, 0.2) is 0 Å². The zero-order chi connectivity index (χ0) is 17.4. The maximum absolute atomic E-state index is 12.9. The fraction of sp³-hybridized carbons (Fsp3) is 0.316. The van der Waals surface area contributed by atoms with Crippen molar-refractivity contribution in [1.29, 1.82) is 0 Å². The Labute approximate surface area is 142 Å². The highest BCUT2D eigenvalue weighted by molar-refractivity contribution is 5.96. The number of halogens is 1. The second-order valence-corrected chi connectivity index (χ2v) is 5.58. The molecular weight excluding hydrogens is 307 g/mol. The summed E-state index contributed by atoms with van der Waals surface area (Å²) in [4.78, 5) is 12.4. The second kappa shape index (κ2) is 9.03. The van der Waals surface area contributed by atoms with Crippen molar-refractivity contribution in [2.45, 2.75) is 26.5 Å². The lowest BCUT2D eigenvalue weighted by Crippen LogP contribution is -2.38. The molecule has 0 unspecified atom stereocenters. The van der Waals surface area contributed by atoms with Crippen molar-refractivity contribution < 1.29 is 13.9 Å². The van der Waals surface area contributed by atoms with E-state index in [2.05, 4.69) is 10.6 Å². The average Bonchev–Trinajstić information content (AvgIpc) is 2.60. The Hall–Kier alpha value is -2.40. The van der Waals surface area contributed by atoms with Crippen molar-refractivity contribution in [3.8, 4) is 5.75 Å². The molecule has 2 aromatic rings. The molecule has 1 amide bonds. The number of para-hydroxylation sites is 1. The number of nitrogens with one attached hydrogen (secondary N) is 2. The summed E-state index contributed by atoms with van der Waals surface area (Å²) in [5.74, 6) is 0.0539. The van der Waals surface area contributed by atoms with Crippen molar-refractivity contribution in [1.82, 2.24) is 10.6 Å². The zero-order valence-corrected chi connectivity index (χ0v) is 14.0. The molecule has 0 bridgehead atoms. The summed E-state index contributed by atoms with van der Waals surface area (Å²) in [6.45, 7) is 5.71. The Bertz CT molecular complexity index is 659. The normalized spacial score (nSPS) is 11.8. The molecule has 0 aromatic heterocycles. The number of hydrogen-bond donors (Lipinski definition) is 2. The molecule has 4 nitrogen and oxygen atoms in total. The summed E-state index contributed by atoms with van der Waals surface area (Å²) in [6.07, 6.45) is 0. The smallest absolute Gasteiger partial charge is 0.255 e. The molecule has 2 aromatic carbocycles. The maximum Gasteiger partial charge on any atom is 0.255 e. The molecule has 0 radical (unpaired) electrons. The summed E-state index contributed by atoms with van der Waals surface area (Å²) in [6, 6.07) is 13.4. The van der Waals surface area contributed by atoms with Gasteiger partial charge in [-0.2, -0.15) is 0 Å². The van der Waals surface area contributed by atoms with E-state index in [9.17, 15) is 9.18 Å². The molecule has 0 saturated carbocycles. The van der Waals surface area contributed by atoms with Gasteiger partial charge in [0, 0.05) is 12.6 Å². The quantitative estimate of drug-likeness (QED) is 0.782. The van der Waals surface area contributed by atoms with Crippen molar-refractivity contribution in [2.75, 3.05) is 13.1 Å². The van der Waals surface area contributed by atoms with Gasteiger partial charge in [-0.05, 0) is 43.3 Å². The lowest BCUT2D eigenvalue weighted by molar-refractivity contribution is 0.0945. The van der Waals surface area contributed by atoms with E-state index in [-0.39, 0.29) is 24.4 Å². The minimum Gasteiger partial charge on any atom is -0.488 e. The summed E-state index contributed by atoms with van der Waals surface area (Å²) >= 11 is 0. The van der Waals surface area contributed by atoms with E-state index in [0.29, 0.717) is 17.9 Å². The SMILES string of the molecule is CCN[C@H](C)CNC(=O)c1ccccc1OCc1ccc(F)cc1. The van der Waals surface area contributed by atoms with E-state index >= 15 is 0 Å². The van der Waals surface area contributed by atoms with Crippen LogP contribution in [0.1, 0.15) is 29.8 Å². The molecule has 1 atom stereocenters. The molecule has 128 valence electrons. The first kappa shape index (κ1) is 17.9. The monoisotopic (exact) mass is 330 g/mol. The van der Waals surface area contributed by atoms with Crippen LogP contribution in [0.4, 0.5) is 4.39 Å². The number of rotatable bonds is 8. The second-order valence-electron chi connectivity index (χ2n) is 5.58. The van der Waals surface area contributed by atoms with Crippen molar-refractivity contribution in [3.63, 3.8) is 0 Å². The largest absolute Gasteiger partial charge is 0.488 e. The number of likely N-dealkylation sites (N-methyl/N-ethyl adjacent to an activating group) is 1. The van der Waals surface area contributed by atoms with Crippen LogP contribution in [0.5, 0.6) is 5.75 Å². The van der Waals surface area contributed by atoms with Crippen molar-refractivity contribution in [3.05, 3.63) is 65.5 Å². The Balaban J connectivity index is 1.98. The Morgan fingerprint density at radius 2 is 1.88 bits per heavy atom. The standard InChI is InChI=1S/C19H23FN2O2/c1-3-21-14(2)12-22-19(23)17-6-4-5-7-18(17)24-13-15-8-10-16(20)11-9-15/h4-11,14,21H,3,12-13H2,1-2H3,(H,22,23)/t14-/m1/s1. The first-order chi connectivity index (χ1) is 11.6. The fourth-order valence-corrected chi connectivity index (χ4v) is 2.28. The summed E-state index contributed by atoms with van der Waals surface area (Å²) in [7, 11) is 0. The molecule has 2 rings (SSSR count). The summed E-state index contributed by atoms with van der Waals surface area (Å²) in [5.41, 5.74) is 1.33. The number of hydrogen-bond acceptors (Lipinski definition) is 3. The number of benzene rings is 2. The third-order valence-electron chi connectivity index (χ3n) is 3.56. The molecule has 5 heteroatoms. The molecule has 24 heavy (non-hydrogen) atoms. The highest BCUT2D eigenvalue weighted by Gasteiger charge is 2.13. The van der Waals surface area contributed by atoms with Crippen LogP contribution in [-0.2, 0) is 6.61 Å². The third kappa shape index (κ3) is 5.35. The topological polar surface area (TPSA) is 50.4 Å². The molecule has 0 aliphatic carbocycles.